The molecule has 14 fully saturated rings. The van der Waals surface area contributed by atoms with Crippen LogP contribution in [-0.2, 0) is 29.9 Å². The molecule has 14 aliphatic rings. The minimum atomic E-state index is -2.00. The van der Waals surface area contributed by atoms with Gasteiger partial charge in [0.1, 0.15) is 5.75 Å². The first-order valence-electron chi connectivity index (χ1n) is 41.1. The normalized spacial score (nSPS) is 31.8. The molecule has 109 heavy (non-hydrogen) atoms. The summed E-state index contributed by atoms with van der Waals surface area (Å²) in [5, 5.41) is 71.7. The van der Waals surface area contributed by atoms with Gasteiger partial charge in [-0.2, -0.15) is 0 Å². The number of carbonyl (C=O) groups is 2. The van der Waals surface area contributed by atoms with Crippen LogP contribution in [0.4, 0.5) is 10.5 Å². The van der Waals surface area contributed by atoms with Crippen molar-refractivity contribution >= 4 is 49.2 Å². The standard InChI is InChI=1S/C31H47ClN2O4.C22H31N5O5Si.C17H26ClNO2.C13H21N3O/c1-38-11-3-2-9-31(37,24-6-4-8-27(32)16-24)25-7-5-10-34(20-25)28(35)15-23(19-33)29(36)30-17-21-12-22(18-30)14-26(30)13-21;1-33(2,3)32-20(22-11-14-8-15(12-22)10-16(22)9-14)19(13-24-26-23)25-21(28)31-18-6-4-17(5-7-18)27(29)30;1-21-11-3-2-9-17(20,15-7-5-10-19-13-15)14-6-4-8-16(18)12-14;1-8(7-15-16-14)12(17)13-5-9-2-10(6-13)4-11(13)3-9/h4,6,8,16,21-23,25-26,29,36-37H,2-3,5,7,9-15,17-20,33H2,1H3;4-7,14-16,19-20H,8-13H2,1-3H3,(H,25,28);4,6,8,12,15,19-20H,2-3,5,7,9-11,13H2,1H3;8-12,17H,2-7H2,1H3/t21?,22?,23-,25-,26?,29-,30?,31-;14?,15?,16?,19-,20-,22?;15-,17-;8-,9?,10?,11?,12-,13?/m1111/s1. The lowest BCUT2D eigenvalue weighted by Gasteiger charge is -2.46. The number of rotatable bonds is 32. The smallest absolute Gasteiger partial charge is 0.412 e. The third-order valence-corrected chi connectivity index (χ3v) is 29.6. The van der Waals surface area contributed by atoms with E-state index in [-0.39, 0.29) is 82.4 Å². The van der Waals surface area contributed by atoms with Gasteiger partial charge in [-0.15, -0.1) is 0 Å². The summed E-state index contributed by atoms with van der Waals surface area (Å²) in [5.41, 5.74) is 23.6. The second-order valence-corrected chi connectivity index (χ2v) is 41.6. The van der Waals surface area contributed by atoms with E-state index in [9.17, 15) is 40.1 Å². The number of halogens is 2. The molecular weight excluding hydrogens is 1440 g/mol. The molecule has 12 bridgehead atoms. The summed E-state index contributed by atoms with van der Waals surface area (Å²) in [4.78, 5) is 44.4. The number of methoxy groups -OCH3 is 2. The van der Waals surface area contributed by atoms with Crippen LogP contribution in [0.25, 0.3) is 20.9 Å². The summed E-state index contributed by atoms with van der Waals surface area (Å²) in [6.45, 7) is 13.8. The molecule has 12 saturated carbocycles. The van der Waals surface area contributed by atoms with Crippen molar-refractivity contribution in [1.82, 2.24) is 15.5 Å². The number of nitrogens with zero attached hydrogens (tertiary/aromatic N) is 8. The van der Waals surface area contributed by atoms with Gasteiger partial charge in [-0.05, 0) is 322 Å². The Morgan fingerprint density at radius 2 is 1.20 bits per heavy atom. The van der Waals surface area contributed by atoms with E-state index in [1.165, 1.54) is 94.9 Å². The van der Waals surface area contributed by atoms with Crippen LogP contribution in [0.15, 0.2) is 83.0 Å². The van der Waals surface area contributed by atoms with Gasteiger partial charge in [0.15, 0.2) is 8.32 Å². The first kappa shape index (κ1) is 84.8. The fourth-order valence-electron chi connectivity index (χ4n) is 24.1. The number of ether oxygens (including phenoxy) is 3. The Labute approximate surface area is 656 Å². The zero-order valence-electron chi connectivity index (χ0n) is 65.5. The molecule has 2 aliphatic heterocycles. The molecule has 0 radical (unpaired) electrons. The maximum atomic E-state index is 13.7. The number of non-ortho nitro benzene ring substituents is 1. The van der Waals surface area contributed by atoms with Gasteiger partial charge >= 0.3 is 6.09 Å². The summed E-state index contributed by atoms with van der Waals surface area (Å²) in [6, 6.07) is 20.0. The van der Waals surface area contributed by atoms with E-state index in [2.05, 4.69) is 50.3 Å². The topological polar surface area (TPSA) is 346 Å². The van der Waals surface area contributed by atoms with Gasteiger partial charge in [0.05, 0.1) is 40.5 Å². The average molecular weight is 1570 g/mol. The highest BCUT2D eigenvalue weighted by molar-refractivity contribution is 6.69. The first-order chi connectivity index (χ1) is 52.2. The lowest BCUT2D eigenvalue weighted by atomic mass is 9.67. The SMILES string of the molecule is COCCCC[C@@](O)(c1cccc(Cl)c1)[C@@H]1CCCN(C(=O)C[C@H](CN)[C@@H](O)C23CC4CC(CC2C4)C3)C1.COCCCC[C@@](O)(c1cccc(Cl)c1)[C@@H]1CCCNC1.C[C@H](CN=[N+]=[N-])[C@@H](O)C12CC3CC(CC1C3)C2.C[Si](C)(C)O[C@H]([C@@H](CN=[N+]=[N-])NC(=O)Oc1ccc([N+](=O)[O-])cc1)C12CC3CC(CC1C3)C2. The first-order valence-corrected chi connectivity index (χ1v) is 45.3. The summed E-state index contributed by atoms with van der Waals surface area (Å²) in [5.74, 6) is 6.91. The molecule has 17 rings (SSSR count). The van der Waals surface area contributed by atoms with Gasteiger partial charge < -0.3 is 60.3 Å². The minimum Gasteiger partial charge on any atom is -0.412 e. The van der Waals surface area contributed by atoms with E-state index < -0.39 is 42.7 Å². The molecule has 6 unspecified atom stereocenters. The Kier molecular flexibility index (Phi) is 29.1. The molecular formula is C83H125Cl2N11O12Si. The van der Waals surface area contributed by atoms with Crippen molar-refractivity contribution in [2.75, 3.05) is 73.2 Å². The third kappa shape index (κ3) is 19.8. The Balaban J connectivity index is 0.000000151. The maximum Gasteiger partial charge on any atom is 0.412 e. The average Bonchev–Trinajstić information content (AvgIpc) is 1.57. The fraction of sp³-hybridized carbons (Fsp3) is 0.759. The number of nitro groups is 1. The van der Waals surface area contributed by atoms with Crippen molar-refractivity contribution in [3.05, 3.63) is 125 Å². The van der Waals surface area contributed by atoms with E-state index >= 15 is 0 Å². The highest BCUT2D eigenvalue weighted by atomic mass is 35.5. The molecule has 16 atom stereocenters. The van der Waals surface area contributed by atoms with E-state index in [4.69, 9.17) is 58.6 Å². The van der Waals surface area contributed by atoms with Crippen LogP contribution in [0.1, 0.15) is 185 Å². The molecule has 8 N–H and O–H groups in total. The van der Waals surface area contributed by atoms with Crippen LogP contribution in [0.5, 0.6) is 5.75 Å². The number of aliphatic hydroxyl groups excluding tert-OH is 2. The van der Waals surface area contributed by atoms with Crippen molar-refractivity contribution in [3.8, 4) is 5.75 Å². The van der Waals surface area contributed by atoms with Crippen LogP contribution in [0.2, 0.25) is 29.7 Å². The number of nitrogens with two attached hydrogens (primary N) is 1. The number of aliphatic hydroxyl groups is 4. The number of hydrogen-bond donors (Lipinski definition) is 7. The zero-order valence-corrected chi connectivity index (χ0v) is 68.0. The van der Waals surface area contributed by atoms with Crippen LogP contribution in [0.3, 0.4) is 0 Å². The summed E-state index contributed by atoms with van der Waals surface area (Å²) in [7, 11) is 1.42. The summed E-state index contributed by atoms with van der Waals surface area (Å²) >= 11 is 12.5. The summed E-state index contributed by atoms with van der Waals surface area (Å²) < 4.78 is 22.5. The minimum absolute atomic E-state index is 0.00978. The Hall–Kier alpha value is -5.14. The number of azide groups is 2. The van der Waals surface area contributed by atoms with E-state index in [1.54, 1.807) is 14.2 Å². The number of nitro benzene ring substituents is 1. The van der Waals surface area contributed by atoms with Crippen molar-refractivity contribution in [2.24, 2.45) is 109 Å². The van der Waals surface area contributed by atoms with Gasteiger partial charge in [-0.25, -0.2) is 4.79 Å². The molecule has 2 amide bonds. The second kappa shape index (κ2) is 37.4. The van der Waals surface area contributed by atoms with Crippen LogP contribution < -0.4 is 21.1 Å². The van der Waals surface area contributed by atoms with Crippen molar-refractivity contribution in [3.63, 3.8) is 0 Å². The molecule has 3 aromatic rings. The number of carbonyl (C=O) groups excluding carboxylic acids is 2. The quantitative estimate of drug-likeness (QED) is 0.00581. The molecule has 602 valence electrons. The molecule has 0 spiro atoms. The Morgan fingerprint density at radius 3 is 1.67 bits per heavy atom. The molecule has 2 saturated heterocycles. The van der Waals surface area contributed by atoms with Crippen LogP contribution >= 0.6 is 23.2 Å². The highest BCUT2D eigenvalue weighted by Crippen LogP contribution is 2.70. The number of benzene rings is 3. The van der Waals surface area contributed by atoms with E-state index in [0.717, 1.165) is 144 Å². The molecule has 26 heteroatoms. The number of likely N-dealkylation sites (tertiary alicyclic amines) is 1. The molecule has 0 aromatic heterocycles. The second-order valence-electron chi connectivity index (χ2n) is 36.3. The molecule has 3 aromatic carbocycles. The molecule has 23 nitrogen and oxygen atoms in total. The predicted octanol–water partition coefficient (Wildman–Crippen LogP) is 16.6. The van der Waals surface area contributed by atoms with Gasteiger partial charge in [0, 0.05) is 122 Å². The molecule has 12 aliphatic carbocycles. The third-order valence-electron chi connectivity index (χ3n) is 28.2. The largest absolute Gasteiger partial charge is 0.412 e. The van der Waals surface area contributed by atoms with Crippen molar-refractivity contribution in [2.45, 2.75) is 229 Å². The number of amides is 2. The lowest BCUT2D eigenvalue weighted by Crippen LogP contribution is -2.58. The number of hydrogen-bond acceptors (Lipinski definition) is 16. The Bertz CT molecular complexity index is 3580. The van der Waals surface area contributed by atoms with Gasteiger partial charge in [-0.3, -0.25) is 14.9 Å². The van der Waals surface area contributed by atoms with Crippen LogP contribution in [0, 0.1) is 103 Å². The highest BCUT2D eigenvalue weighted by Gasteiger charge is 2.65. The maximum absolute atomic E-state index is 13.7. The zero-order chi connectivity index (χ0) is 77.9. The van der Waals surface area contributed by atoms with E-state index in [0.29, 0.717) is 72.9 Å². The number of nitrogens with one attached hydrogen (secondary N) is 2. The number of unbranched alkanes of at least 4 members (excludes halogenated alkanes) is 2. The van der Waals surface area contributed by atoms with Gasteiger partial charge in [0.25, 0.3) is 5.69 Å². The monoisotopic (exact) mass is 1570 g/mol. The number of piperidine rings is 2. The lowest BCUT2D eigenvalue weighted by molar-refractivity contribution is -0.384. The summed E-state index contributed by atoms with van der Waals surface area (Å²) in [6.07, 6.45) is 25.9. The van der Waals surface area contributed by atoms with E-state index in [1.807, 2.05) is 60.4 Å². The van der Waals surface area contributed by atoms with Crippen LogP contribution in [-0.4, -0.2) is 148 Å². The predicted molar refractivity (Wildman–Crippen MR) is 426 cm³/mol. The van der Waals surface area contributed by atoms with Gasteiger partial charge in [0.2, 0.25) is 5.91 Å². The van der Waals surface area contributed by atoms with Gasteiger partial charge in [-0.1, -0.05) is 64.6 Å². The molecule has 2 heterocycles. The van der Waals surface area contributed by atoms with Crippen molar-refractivity contribution < 1.29 is 53.6 Å². The van der Waals surface area contributed by atoms with Crippen molar-refractivity contribution in [1.29, 1.82) is 0 Å². The Morgan fingerprint density at radius 1 is 0.716 bits per heavy atom. The fourth-order valence-corrected chi connectivity index (χ4v) is 25.6.